The number of amides is 2. The summed E-state index contributed by atoms with van der Waals surface area (Å²) in [6.07, 6.45) is 5.87. The standard InChI is InChI=1S/C36H53F2N3O5S/c1-4-11-31(12-5-2)47(45,46)24-33(41-35(43)28-15-8-7-9-16-28)36(44)40-32(20-27-18-29(37)21-30(38)19-27)34(42)23-39-22-26-14-10-13-25(6-3)17-26/h10,13-14,17-19,21,28,31-34,39,42H,4-9,11-12,15-16,20,22-24H2,1-3H3,(H,40,44)(H,41,43)/t32-,33-,34+/m0/s1. The van der Waals surface area contributed by atoms with E-state index >= 15 is 0 Å². The van der Waals surface area contributed by atoms with Crippen molar-refractivity contribution in [2.75, 3.05) is 12.3 Å². The van der Waals surface area contributed by atoms with Gasteiger partial charge in [-0.1, -0.05) is 77.1 Å². The molecule has 0 spiro atoms. The third-order valence-electron chi connectivity index (χ3n) is 8.99. The number of benzene rings is 2. The molecular weight excluding hydrogens is 624 g/mol. The first kappa shape index (κ1) is 38.6. The maximum atomic E-state index is 14.1. The number of halogens is 2. The summed E-state index contributed by atoms with van der Waals surface area (Å²) in [4.78, 5) is 27.2. The number of hydrogen-bond donors (Lipinski definition) is 4. The molecule has 0 aliphatic heterocycles. The largest absolute Gasteiger partial charge is 0.390 e. The summed E-state index contributed by atoms with van der Waals surface area (Å²) in [5, 5.41) is 19.3. The molecule has 1 aliphatic rings. The third kappa shape index (κ3) is 12.6. The molecule has 2 aromatic carbocycles. The first-order valence-corrected chi connectivity index (χ1v) is 18.9. The second kappa shape index (κ2) is 19.2. The van der Waals surface area contributed by atoms with Crippen LogP contribution in [-0.4, -0.2) is 61.1 Å². The Labute approximate surface area is 279 Å². The van der Waals surface area contributed by atoms with Gasteiger partial charge in [0.05, 0.1) is 23.1 Å². The minimum absolute atomic E-state index is 0.0333. The fourth-order valence-corrected chi connectivity index (χ4v) is 8.53. The van der Waals surface area contributed by atoms with Crippen LogP contribution >= 0.6 is 0 Å². The zero-order valence-electron chi connectivity index (χ0n) is 28.1. The predicted molar refractivity (Wildman–Crippen MR) is 181 cm³/mol. The Morgan fingerprint density at radius 1 is 0.894 bits per heavy atom. The number of aryl methyl sites for hydroxylation is 1. The second-order valence-corrected chi connectivity index (χ2v) is 15.2. The molecular formula is C36H53F2N3O5S. The zero-order valence-corrected chi connectivity index (χ0v) is 28.9. The summed E-state index contributed by atoms with van der Waals surface area (Å²) in [5.41, 5.74) is 2.39. The van der Waals surface area contributed by atoms with Gasteiger partial charge in [0.2, 0.25) is 11.8 Å². The van der Waals surface area contributed by atoms with Gasteiger partial charge >= 0.3 is 0 Å². The number of carbonyl (C=O) groups is 2. The van der Waals surface area contributed by atoms with Crippen molar-refractivity contribution in [2.45, 2.75) is 121 Å². The van der Waals surface area contributed by atoms with Gasteiger partial charge in [0.25, 0.3) is 0 Å². The average molecular weight is 678 g/mol. The van der Waals surface area contributed by atoms with Crippen LogP contribution in [0.4, 0.5) is 8.78 Å². The van der Waals surface area contributed by atoms with Crippen molar-refractivity contribution < 1.29 is 31.9 Å². The molecule has 0 radical (unpaired) electrons. The Morgan fingerprint density at radius 2 is 1.53 bits per heavy atom. The van der Waals surface area contributed by atoms with E-state index in [0.29, 0.717) is 45.1 Å². The van der Waals surface area contributed by atoms with Gasteiger partial charge in [0, 0.05) is 25.1 Å². The number of rotatable bonds is 19. The molecule has 0 bridgehead atoms. The van der Waals surface area contributed by atoms with E-state index in [9.17, 15) is 31.9 Å². The van der Waals surface area contributed by atoms with Crippen LogP contribution in [0.3, 0.4) is 0 Å². The number of aliphatic hydroxyl groups excluding tert-OH is 1. The SMILES string of the molecule is CCCC(CCC)S(=O)(=O)C[C@H](NC(=O)C1CCCCC1)C(=O)N[C@@H](Cc1cc(F)cc(F)c1)[C@H](O)CNCc1cccc(CC)c1. The lowest BCUT2D eigenvalue weighted by molar-refractivity contribution is -0.131. The van der Waals surface area contributed by atoms with Gasteiger partial charge in [-0.15, -0.1) is 0 Å². The summed E-state index contributed by atoms with van der Waals surface area (Å²) >= 11 is 0. The van der Waals surface area contributed by atoms with Crippen molar-refractivity contribution in [3.63, 3.8) is 0 Å². The number of aliphatic hydroxyl groups is 1. The van der Waals surface area contributed by atoms with E-state index in [4.69, 9.17) is 0 Å². The van der Waals surface area contributed by atoms with Crippen molar-refractivity contribution in [3.05, 3.63) is 70.8 Å². The molecule has 3 rings (SSSR count). The van der Waals surface area contributed by atoms with Gasteiger partial charge in [0.15, 0.2) is 9.84 Å². The first-order chi connectivity index (χ1) is 22.4. The van der Waals surface area contributed by atoms with Crippen LogP contribution in [0.15, 0.2) is 42.5 Å². The lowest BCUT2D eigenvalue weighted by Gasteiger charge is -2.29. The maximum absolute atomic E-state index is 14.1. The second-order valence-electron chi connectivity index (χ2n) is 12.9. The average Bonchev–Trinajstić information content (AvgIpc) is 3.03. The molecule has 47 heavy (non-hydrogen) atoms. The van der Waals surface area contributed by atoms with Gasteiger partial charge in [-0.3, -0.25) is 9.59 Å². The molecule has 2 amide bonds. The van der Waals surface area contributed by atoms with Crippen LogP contribution in [0.2, 0.25) is 0 Å². The molecule has 0 unspecified atom stereocenters. The fourth-order valence-electron chi connectivity index (χ4n) is 6.37. The van der Waals surface area contributed by atoms with E-state index in [1.807, 2.05) is 32.0 Å². The highest BCUT2D eigenvalue weighted by Crippen LogP contribution is 2.24. The molecule has 1 fully saturated rings. The number of carbonyl (C=O) groups excluding carboxylic acids is 2. The van der Waals surface area contributed by atoms with Crippen molar-refractivity contribution >= 4 is 21.7 Å². The molecule has 0 aromatic heterocycles. The van der Waals surface area contributed by atoms with E-state index in [-0.39, 0.29) is 30.4 Å². The normalized spacial score (nSPS) is 16.1. The molecule has 4 N–H and O–H groups in total. The van der Waals surface area contributed by atoms with E-state index in [1.165, 1.54) is 5.56 Å². The van der Waals surface area contributed by atoms with Crippen LogP contribution in [-0.2, 0) is 38.8 Å². The molecule has 0 heterocycles. The Morgan fingerprint density at radius 3 is 2.15 bits per heavy atom. The number of sulfone groups is 1. The lowest BCUT2D eigenvalue weighted by atomic mass is 9.88. The summed E-state index contributed by atoms with van der Waals surface area (Å²) in [6.45, 7) is 6.34. The first-order valence-electron chi connectivity index (χ1n) is 17.2. The van der Waals surface area contributed by atoms with Gasteiger partial charge in [-0.05, 0) is 67.3 Å². The van der Waals surface area contributed by atoms with Gasteiger partial charge in [0.1, 0.15) is 17.7 Å². The highest BCUT2D eigenvalue weighted by Gasteiger charge is 2.35. The summed E-state index contributed by atoms with van der Waals surface area (Å²) in [7, 11) is -3.79. The number of nitrogens with one attached hydrogen (secondary N) is 3. The predicted octanol–water partition coefficient (Wildman–Crippen LogP) is 5.15. The molecule has 11 heteroatoms. The summed E-state index contributed by atoms with van der Waals surface area (Å²) in [6, 6.07) is 8.55. The van der Waals surface area contributed by atoms with Crippen molar-refractivity contribution in [3.8, 4) is 0 Å². The summed E-state index contributed by atoms with van der Waals surface area (Å²) in [5.74, 6) is -3.60. The van der Waals surface area contributed by atoms with Crippen molar-refractivity contribution in [2.24, 2.45) is 5.92 Å². The van der Waals surface area contributed by atoms with E-state index < -0.39 is 56.6 Å². The molecule has 0 saturated heterocycles. The number of hydrogen-bond acceptors (Lipinski definition) is 6. The maximum Gasteiger partial charge on any atom is 0.243 e. The highest BCUT2D eigenvalue weighted by atomic mass is 32.2. The Balaban J connectivity index is 1.85. The molecule has 262 valence electrons. The highest BCUT2D eigenvalue weighted by molar-refractivity contribution is 7.92. The smallest absolute Gasteiger partial charge is 0.243 e. The quantitative estimate of drug-likeness (QED) is 0.163. The summed E-state index contributed by atoms with van der Waals surface area (Å²) < 4.78 is 55.5. The van der Waals surface area contributed by atoms with E-state index in [2.05, 4.69) is 28.9 Å². The monoisotopic (exact) mass is 677 g/mol. The Hall–Kier alpha value is -2.89. The van der Waals surface area contributed by atoms with E-state index in [0.717, 1.165) is 49.4 Å². The third-order valence-corrected chi connectivity index (χ3v) is 11.3. The molecule has 2 aromatic rings. The lowest BCUT2D eigenvalue weighted by Crippen LogP contribution is -2.57. The van der Waals surface area contributed by atoms with Crippen LogP contribution in [0.1, 0.15) is 95.2 Å². The Bertz CT molecular complexity index is 1370. The van der Waals surface area contributed by atoms with Crippen LogP contribution in [0.5, 0.6) is 0 Å². The van der Waals surface area contributed by atoms with Crippen LogP contribution in [0.25, 0.3) is 0 Å². The van der Waals surface area contributed by atoms with Crippen molar-refractivity contribution in [1.29, 1.82) is 0 Å². The topological polar surface area (TPSA) is 125 Å². The van der Waals surface area contributed by atoms with Gasteiger partial charge < -0.3 is 21.1 Å². The Kier molecular flexibility index (Phi) is 15.7. The minimum Gasteiger partial charge on any atom is -0.390 e. The fraction of sp³-hybridized carbons (Fsp3) is 0.611. The molecule has 8 nitrogen and oxygen atoms in total. The van der Waals surface area contributed by atoms with Crippen molar-refractivity contribution in [1.82, 2.24) is 16.0 Å². The molecule has 3 atom stereocenters. The van der Waals surface area contributed by atoms with E-state index in [1.54, 1.807) is 0 Å². The van der Waals surface area contributed by atoms with Crippen LogP contribution in [0, 0.1) is 17.6 Å². The molecule has 1 aliphatic carbocycles. The van der Waals surface area contributed by atoms with Gasteiger partial charge in [-0.25, -0.2) is 17.2 Å². The van der Waals surface area contributed by atoms with Crippen LogP contribution < -0.4 is 16.0 Å². The van der Waals surface area contributed by atoms with Gasteiger partial charge in [-0.2, -0.15) is 0 Å². The molecule has 1 saturated carbocycles. The minimum atomic E-state index is -3.79. The zero-order chi connectivity index (χ0) is 34.4.